The van der Waals surface area contributed by atoms with Gasteiger partial charge in [0.1, 0.15) is 5.54 Å². The van der Waals surface area contributed by atoms with Crippen LogP contribution in [0.4, 0.5) is 0 Å². The zero-order valence-corrected chi connectivity index (χ0v) is 14.7. The van der Waals surface area contributed by atoms with Gasteiger partial charge in [-0.15, -0.1) is 11.3 Å². The fourth-order valence-electron chi connectivity index (χ4n) is 2.56. The molecule has 1 aliphatic rings. The fourth-order valence-corrected chi connectivity index (χ4v) is 3.94. The number of thiophene rings is 1. The highest BCUT2D eigenvalue weighted by molar-refractivity contribution is 9.11. The van der Waals surface area contributed by atoms with Crippen molar-refractivity contribution in [2.24, 2.45) is 0 Å². The summed E-state index contributed by atoms with van der Waals surface area (Å²) in [5.41, 5.74) is -1.17. The van der Waals surface area contributed by atoms with E-state index in [1.54, 1.807) is 26.1 Å². The second-order valence-electron chi connectivity index (χ2n) is 5.49. The van der Waals surface area contributed by atoms with Crippen LogP contribution in [0.1, 0.15) is 29.4 Å². The summed E-state index contributed by atoms with van der Waals surface area (Å²) in [5, 5.41) is 9.34. The Bertz CT molecular complexity index is 618. The normalized spacial score (nSPS) is 21.0. The summed E-state index contributed by atoms with van der Waals surface area (Å²) in [4.78, 5) is 39.2. The number of rotatable bonds is 4. The molecule has 2 amide bonds. The van der Waals surface area contributed by atoms with Crippen LogP contribution in [0.3, 0.4) is 0 Å². The van der Waals surface area contributed by atoms with Gasteiger partial charge in [-0.05, 0) is 47.8 Å². The number of hydrogen-bond acceptors (Lipinski definition) is 4. The number of nitrogens with zero attached hydrogens (tertiary/aromatic N) is 2. The molecule has 0 aliphatic carbocycles. The third-order valence-corrected chi connectivity index (χ3v) is 5.52. The number of aliphatic carboxylic acids is 1. The van der Waals surface area contributed by atoms with Crippen molar-refractivity contribution in [1.29, 1.82) is 0 Å². The molecular formula is C14H17BrN2O4S. The molecule has 1 saturated heterocycles. The lowest BCUT2D eigenvalue weighted by Gasteiger charge is -2.32. The van der Waals surface area contributed by atoms with Gasteiger partial charge in [-0.25, -0.2) is 4.79 Å². The summed E-state index contributed by atoms with van der Waals surface area (Å²) in [6.07, 6.45) is 1.09. The van der Waals surface area contributed by atoms with E-state index in [1.165, 1.54) is 21.1 Å². The van der Waals surface area contributed by atoms with Crippen LogP contribution in [0.15, 0.2) is 15.9 Å². The third kappa shape index (κ3) is 3.17. The van der Waals surface area contributed by atoms with E-state index in [1.807, 2.05) is 0 Å². The maximum Gasteiger partial charge on any atom is 0.329 e. The molecule has 0 bridgehead atoms. The highest BCUT2D eigenvalue weighted by Gasteiger charge is 2.46. The van der Waals surface area contributed by atoms with Gasteiger partial charge in [0.25, 0.3) is 5.91 Å². The van der Waals surface area contributed by atoms with Crippen LogP contribution in [0.2, 0.25) is 0 Å². The van der Waals surface area contributed by atoms with Crippen molar-refractivity contribution in [3.05, 3.63) is 20.8 Å². The average molecular weight is 389 g/mol. The van der Waals surface area contributed by atoms with E-state index >= 15 is 0 Å². The number of hydrogen-bond donors (Lipinski definition) is 1. The standard InChI is InChI=1S/C14H17BrN2O4S/c1-14(13(20)21)6-3-7-17(14)11(18)8-16(2)12(19)9-4-5-10(15)22-9/h4-5H,3,6-8H2,1-2H3,(H,20,21). The number of likely N-dealkylation sites (N-methyl/N-ethyl adjacent to an activating group) is 1. The van der Waals surface area contributed by atoms with Crippen molar-refractivity contribution in [2.45, 2.75) is 25.3 Å². The van der Waals surface area contributed by atoms with Crippen LogP contribution in [0.5, 0.6) is 0 Å². The minimum Gasteiger partial charge on any atom is -0.480 e. The van der Waals surface area contributed by atoms with Gasteiger partial charge in [-0.2, -0.15) is 0 Å². The van der Waals surface area contributed by atoms with E-state index in [4.69, 9.17) is 0 Å². The molecule has 1 N–H and O–H groups in total. The van der Waals surface area contributed by atoms with Crippen LogP contribution in [-0.2, 0) is 9.59 Å². The molecule has 8 heteroatoms. The molecule has 2 heterocycles. The molecule has 22 heavy (non-hydrogen) atoms. The van der Waals surface area contributed by atoms with Crippen molar-refractivity contribution < 1.29 is 19.5 Å². The quantitative estimate of drug-likeness (QED) is 0.855. The molecule has 2 rings (SSSR count). The Balaban J connectivity index is 2.05. The highest BCUT2D eigenvalue weighted by Crippen LogP contribution is 2.29. The van der Waals surface area contributed by atoms with Gasteiger partial charge < -0.3 is 14.9 Å². The average Bonchev–Trinajstić information content (AvgIpc) is 3.04. The number of likely N-dealkylation sites (tertiary alicyclic amines) is 1. The third-order valence-electron chi connectivity index (χ3n) is 3.91. The first-order chi connectivity index (χ1) is 10.3. The van der Waals surface area contributed by atoms with Crippen LogP contribution < -0.4 is 0 Å². The Morgan fingerprint density at radius 3 is 2.68 bits per heavy atom. The summed E-state index contributed by atoms with van der Waals surface area (Å²) in [6, 6.07) is 3.46. The molecular weight excluding hydrogens is 372 g/mol. The number of carbonyl (C=O) groups excluding carboxylic acids is 2. The maximum absolute atomic E-state index is 12.4. The topological polar surface area (TPSA) is 77.9 Å². The number of halogens is 1. The van der Waals surface area contributed by atoms with Gasteiger partial charge in [0, 0.05) is 13.6 Å². The van der Waals surface area contributed by atoms with Crippen LogP contribution in [0.25, 0.3) is 0 Å². The molecule has 0 radical (unpaired) electrons. The number of amides is 2. The Kier molecular flexibility index (Phi) is 4.91. The SMILES string of the molecule is CN(CC(=O)N1CCCC1(C)C(=O)O)C(=O)c1ccc(Br)s1. The van der Waals surface area contributed by atoms with E-state index < -0.39 is 11.5 Å². The molecule has 0 aromatic carbocycles. The lowest BCUT2D eigenvalue weighted by atomic mass is 9.99. The zero-order chi connectivity index (χ0) is 16.5. The Morgan fingerprint density at radius 1 is 1.45 bits per heavy atom. The van der Waals surface area contributed by atoms with Crippen LogP contribution in [0, 0.1) is 0 Å². The van der Waals surface area contributed by atoms with E-state index in [9.17, 15) is 19.5 Å². The predicted molar refractivity (Wildman–Crippen MR) is 86.0 cm³/mol. The van der Waals surface area contributed by atoms with E-state index in [0.717, 1.165) is 3.79 Å². The lowest BCUT2D eigenvalue weighted by Crippen LogP contribution is -2.53. The second kappa shape index (κ2) is 6.37. The molecule has 6 nitrogen and oxygen atoms in total. The molecule has 1 fully saturated rings. The fraction of sp³-hybridized carbons (Fsp3) is 0.500. The minimum absolute atomic E-state index is 0.128. The first kappa shape index (κ1) is 17.0. The lowest BCUT2D eigenvalue weighted by molar-refractivity contribution is -0.155. The van der Waals surface area contributed by atoms with Crippen molar-refractivity contribution in [3.8, 4) is 0 Å². The van der Waals surface area contributed by atoms with Crippen molar-refractivity contribution in [1.82, 2.24) is 9.80 Å². The smallest absolute Gasteiger partial charge is 0.329 e. The van der Waals surface area contributed by atoms with Gasteiger partial charge in [0.2, 0.25) is 5.91 Å². The van der Waals surface area contributed by atoms with Gasteiger partial charge >= 0.3 is 5.97 Å². The van der Waals surface area contributed by atoms with Crippen molar-refractivity contribution >= 4 is 45.1 Å². The zero-order valence-electron chi connectivity index (χ0n) is 12.3. The molecule has 1 aromatic heterocycles. The summed E-state index contributed by atoms with van der Waals surface area (Å²) in [5.74, 6) is -1.59. The largest absolute Gasteiger partial charge is 0.480 e. The predicted octanol–water partition coefficient (Wildman–Crippen LogP) is 2.05. The van der Waals surface area contributed by atoms with Gasteiger partial charge in [0.15, 0.2) is 0 Å². The van der Waals surface area contributed by atoms with Crippen LogP contribution in [-0.4, -0.2) is 58.4 Å². The van der Waals surface area contributed by atoms with Gasteiger partial charge in [-0.3, -0.25) is 9.59 Å². The summed E-state index contributed by atoms with van der Waals surface area (Å²) in [7, 11) is 1.54. The van der Waals surface area contributed by atoms with Gasteiger partial charge in [0.05, 0.1) is 15.2 Å². The summed E-state index contributed by atoms with van der Waals surface area (Å²) >= 11 is 4.59. The van der Waals surface area contributed by atoms with E-state index in [2.05, 4.69) is 15.9 Å². The first-order valence-electron chi connectivity index (χ1n) is 6.80. The van der Waals surface area contributed by atoms with E-state index in [-0.39, 0.29) is 18.4 Å². The first-order valence-corrected chi connectivity index (χ1v) is 8.41. The Hall–Kier alpha value is -1.41. The molecule has 1 aliphatic heterocycles. The molecule has 120 valence electrons. The van der Waals surface area contributed by atoms with E-state index in [0.29, 0.717) is 24.3 Å². The second-order valence-corrected chi connectivity index (χ2v) is 7.96. The molecule has 0 spiro atoms. The summed E-state index contributed by atoms with van der Waals surface area (Å²) < 4.78 is 0.841. The molecule has 0 saturated carbocycles. The van der Waals surface area contributed by atoms with Crippen molar-refractivity contribution in [2.75, 3.05) is 20.1 Å². The highest BCUT2D eigenvalue weighted by atomic mass is 79.9. The molecule has 1 aromatic rings. The number of carbonyl (C=O) groups is 3. The molecule has 1 atom stereocenters. The summed E-state index contributed by atoms with van der Waals surface area (Å²) in [6.45, 7) is 1.84. The van der Waals surface area contributed by atoms with Gasteiger partial charge in [-0.1, -0.05) is 0 Å². The number of carboxylic acid groups (broad SMARTS) is 1. The number of carboxylic acids is 1. The maximum atomic E-state index is 12.4. The Morgan fingerprint density at radius 2 is 2.14 bits per heavy atom. The molecule has 1 unspecified atom stereocenters. The van der Waals surface area contributed by atoms with Crippen molar-refractivity contribution in [3.63, 3.8) is 0 Å². The minimum atomic E-state index is -1.17. The Labute approximate surface area is 140 Å². The van der Waals surface area contributed by atoms with Crippen LogP contribution >= 0.6 is 27.3 Å². The monoisotopic (exact) mass is 388 g/mol.